The molecule has 0 aliphatic heterocycles. The van der Waals surface area contributed by atoms with E-state index >= 15 is 0 Å². The van der Waals surface area contributed by atoms with Gasteiger partial charge in [-0.3, -0.25) is 4.79 Å². The van der Waals surface area contributed by atoms with E-state index in [1.54, 1.807) is 0 Å². The van der Waals surface area contributed by atoms with E-state index in [-0.39, 0.29) is 11.9 Å². The van der Waals surface area contributed by atoms with Crippen molar-refractivity contribution in [3.63, 3.8) is 0 Å². The molecule has 0 N–H and O–H groups in total. The van der Waals surface area contributed by atoms with Crippen LogP contribution in [0.3, 0.4) is 0 Å². The molecule has 0 amide bonds. The number of esters is 1. The third-order valence-corrected chi connectivity index (χ3v) is 5.11. The monoisotopic (exact) mass is 292 g/mol. The highest BCUT2D eigenvalue weighted by atomic mass is 16.5. The predicted molar refractivity (Wildman–Crippen MR) is 86.9 cm³/mol. The van der Waals surface area contributed by atoms with Crippen LogP contribution in [0.5, 0.6) is 0 Å². The molecule has 0 bridgehead atoms. The molecule has 1 fully saturated rings. The minimum atomic E-state index is -0.211. The molecule has 22 heavy (non-hydrogen) atoms. The van der Waals surface area contributed by atoms with Gasteiger partial charge in [0.1, 0.15) is 6.61 Å². The van der Waals surface area contributed by atoms with Gasteiger partial charge in [-0.05, 0) is 46.6 Å². The molecule has 1 saturated carbocycles. The number of benzene rings is 2. The molecule has 1 atom stereocenters. The van der Waals surface area contributed by atoms with Gasteiger partial charge >= 0.3 is 5.97 Å². The summed E-state index contributed by atoms with van der Waals surface area (Å²) in [7, 11) is 0. The molecular formula is C20H20O2. The number of ether oxygens (including phenoxy) is 1. The van der Waals surface area contributed by atoms with Crippen LogP contribution >= 0.6 is 0 Å². The van der Waals surface area contributed by atoms with Crippen molar-refractivity contribution < 1.29 is 9.53 Å². The molecule has 0 spiro atoms. The first-order valence-electron chi connectivity index (χ1n) is 8.10. The van der Waals surface area contributed by atoms with E-state index in [2.05, 4.69) is 42.5 Å². The van der Waals surface area contributed by atoms with E-state index in [9.17, 15) is 4.79 Å². The largest absolute Gasteiger partial charge is 0.465 e. The molecule has 112 valence electrons. The fourth-order valence-electron chi connectivity index (χ4n) is 3.70. The van der Waals surface area contributed by atoms with Crippen LogP contribution in [0.2, 0.25) is 0 Å². The Morgan fingerprint density at radius 2 is 1.86 bits per heavy atom. The summed E-state index contributed by atoms with van der Waals surface area (Å²) in [6.45, 7) is 1.91. The van der Waals surface area contributed by atoms with Gasteiger partial charge in [-0.25, -0.2) is 0 Å². The first-order valence-corrected chi connectivity index (χ1v) is 8.10. The molecule has 0 aromatic heterocycles. The Morgan fingerprint density at radius 3 is 2.59 bits per heavy atom. The van der Waals surface area contributed by atoms with Crippen molar-refractivity contribution in [3.05, 3.63) is 59.2 Å². The smallest absolute Gasteiger partial charge is 0.302 e. The maximum atomic E-state index is 11.2. The SMILES string of the molecule is CC(=O)OCC1c2ccccc2-c2cc(C3CCC3)ccc21. The third kappa shape index (κ3) is 2.14. The van der Waals surface area contributed by atoms with E-state index in [1.165, 1.54) is 54.0 Å². The summed E-state index contributed by atoms with van der Waals surface area (Å²) in [5.41, 5.74) is 6.68. The Hall–Kier alpha value is -2.09. The van der Waals surface area contributed by atoms with Crippen molar-refractivity contribution in [2.24, 2.45) is 0 Å². The standard InChI is InChI=1S/C20H20O2/c1-13(21)22-12-20-17-8-3-2-7-16(17)19-11-15(9-10-18(19)20)14-5-4-6-14/h2-3,7-11,14,20H,4-6,12H2,1H3. The van der Waals surface area contributed by atoms with E-state index < -0.39 is 0 Å². The van der Waals surface area contributed by atoms with E-state index in [1.807, 2.05) is 0 Å². The Bertz CT molecular complexity index is 728. The maximum absolute atomic E-state index is 11.2. The number of hydrogen-bond donors (Lipinski definition) is 0. The number of hydrogen-bond acceptors (Lipinski definition) is 2. The summed E-state index contributed by atoms with van der Waals surface area (Å²) in [6, 6.07) is 15.4. The Labute approximate surface area is 131 Å². The van der Waals surface area contributed by atoms with E-state index in [4.69, 9.17) is 4.74 Å². The molecule has 0 saturated heterocycles. The fourth-order valence-corrected chi connectivity index (χ4v) is 3.70. The summed E-state index contributed by atoms with van der Waals surface area (Å²) >= 11 is 0. The summed E-state index contributed by atoms with van der Waals surface area (Å²) < 4.78 is 5.31. The number of rotatable bonds is 3. The van der Waals surface area contributed by atoms with Gasteiger partial charge in [-0.1, -0.05) is 48.9 Å². The van der Waals surface area contributed by atoms with Crippen LogP contribution in [0.25, 0.3) is 11.1 Å². The second kappa shape index (κ2) is 5.28. The predicted octanol–water partition coefficient (Wildman–Crippen LogP) is 4.63. The van der Waals surface area contributed by atoms with Crippen LogP contribution in [0.15, 0.2) is 42.5 Å². The van der Waals surface area contributed by atoms with E-state index in [0.717, 1.165) is 5.92 Å². The van der Waals surface area contributed by atoms with Gasteiger partial charge in [-0.15, -0.1) is 0 Å². The average molecular weight is 292 g/mol. The van der Waals surface area contributed by atoms with Crippen molar-refractivity contribution in [3.8, 4) is 11.1 Å². The second-order valence-electron chi connectivity index (χ2n) is 6.42. The van der Waals surface area contributed by atoms with Crippen molar-refractivity contribution in [2.75, 3.05) is 6.61 Å². The molecule has 2 aromatic carbocycles. The van der Waals surface area contributed by atoms with Crippen LogP contribution in [0.1, 0.15) is 54.7 Å². The molecule has 4 rings (SSSR count). The Morgan fingerprint density at radius 1 is 1.09 bits per heavy atom. The normalized spacial score (nSPS) is 19.2. The van der Waals surface area contributed by atoms with Crippen LogP contribution in [-0.2, 0) is 9.53 Å². The molecule has 2 aliphatic rings. The van der Waals surface area contributed by atoms with Crippen molar-refractivity contribution in [1.82, 2.24) is 0 Å². The van der Waals surface area contributed by atoms with Crippen LogP contribution in [0.4, 0.5) is 0 Å². The lowest BCUT2D eigenvalue weighted by atomic mass is 9.79. The molecular weight excluding hydrogens is 272 g/mol. The fraction of sp³-hybridized carbons (Fsp3) is 0.350. The highest BCUT2D eigenvalue weighted by Gasteiger charge is 2.30. The average Bonchev–Trinajstić information content (AvgIpc) is 2.77. The summed E-state index contributed by atoms with van der Waals surface area (Å²) in [5, 5.41) is 0. The van der Waals surface area contributed by atoms with Crippen LogP contribution in [-0.4, -0.2) is 12.6 Å². The molecule has 0 heterocycles. The van der Waals surface area contributed by atoms with Crippen LogP contribution in [0, 0.1) is 0 Å². The van der Waals surface area contributed by atoms with Gasteiger partial charge in [0.15, 0.2) is 0 Å². The summed E-state index contributed by atoms with van der Waals surface area (Å²) in [4.78, 5) is 11.2. The molecule has 2 nitrogen and oxygen atoms in total. The first kappa shape index (κ1) is 13.6. The quantitative estimate of drug-likeness (QED) is 0.771. The zero-order valence-corrected chi connectivity index (χ0v) is 12.8. The maximum Gasteiger partial charge on any atom is 0.302 e. The number of fused-ring (bicyclic) bond motifs is 3. The van der Waals surface area contributed by atoms with Crippen molar-refractivity contribution in [1.29, 1.82) is 0 Å². The van der Waals surface area contributed by atoms with Gasteiger partial charge in [-0.2, -0.15) is 0 Å². The molecule has 1 unspecified atom stereocenters. The second-order valence-corrected chi connectivity index (χ2v) is 6.42. The summed E-state index contributed by atoms with van der Waals surface area (Å²) in [5.74, 6) is 0.701. The molecule has 2 aliphatic carbocycles. The zero-order valence-electron chi connectivity index (χ0n) is 12.8. The topological polar surface area (TPSA) is 26.3 Å². The van der Waals surface area contributed by atoms with Gasteiger partial charge in [0.25, 0.3) is 0 Å². The van der Waals surface area contributed by atoms with Gasteiger partial charge in [0, 0.05) is 12.8 Å². The van der Waals surface area contributed by atoms with Crippen molar-refractivity contribution >= 4 is 5.97 Å². The highest BCUT2D eigenvalue weighted by molar-refractivity contribution is 5.79. The number of carbonyl (C=O) groups excluding carboxylic acids is 1. The van der Waals surface area contributed by atoms with Crippen molar-refractivity contribution in [2.45, 2.75) is 38.0 Å². The van der Waals surface area contributed by atoms with Gasteiger partial charge in [0.05, 0.1) is 0 Å². The zero-order chi connectivity index (χ0) is 15.1. The lowest BCUT2D eigenvalue weighted by Crippen LogP contribution is -2.11. The lowest BCUT2D eigenvalue weighted by Gasteiger charge is -2.26. The minimum Gasteiger partial charge on any atom is -0.465 e. The highest BCUT2D eigenvalue weighted by Crippen LogP contribution is 2.47. The third-order valence-electron chi connectivity index (χ3n) is 5.11. The Kier molecular flexibility index (Phi) is 3.25. The lowest BCUT2D eigenvalue weighted by molar-refractivity contribution is -0.141. The Balaban J connectivity index is 1.76. The molecule has 0 radical (unpaired) electrons. The molecule has 2 heteroatoms. The van der Waals surface area contributed by atoms with Gasteiger partial charge in [0.2, 0.25) is 0 Å². The minimum absolute atomic E-state index is 0.172. The van der Waals surface area contributed by atoms with E-state index in [0.29, 0.717) is 6.61 Å². The first-order chi connectivity index (χ1) is 10.7. The van der Waals surface area contributed by atoms with Crippen LogP contribution < -0.4 is 0 Å². The van der Waals surface area contributed by atoms with Gasteiger partial charge < -0.3 is 4.74 Å². The summed E-state index contributed by atoms with van der Waals surface area (Å²) in [6.07, 6.45) is 3.99. The number of carbonyl (C=O) groups is 1. The molecule has 2 aromatic rings.